The Hall–Kier alpha value is -4.06. The van der Waals surface area contributed by atoms with Crippen LogP contribution in [0.2, 0.25) is 0 Å². The quantitative estimate of drug-likeness (QED) is 0.188. The van der Waals surface area contributed by atoms with Crippen molar-refractivity contribution in [3.8, 4) is 22.6 Å². The highest BCUT2D eigenvalue weighted by atomic mass is 16.5. The maximum atomic E-state index is 11.5. The molecule has 6 nitrogen and oxygen atoms in total. The highest BCUT2D eigenvalue weighted by Gasteiger charge is 2.06. The average Bonchev–Trinajstić information content (AvgIpc) is 2.78. The van der Waals surface area contributed by atoms with Crippen molar-refractivity contribution in [2.75, 3.05) is 18.4 Å². The second-order valence-electron chi connectivity index (χ2n) is 7.04. The summed E-state index contributed by atoms with van der Waals surface area (Å²) in [6.07, 6.45) is 0. The van der Waals surface area contributed by atoms with Crippen molar-refractivity contribution in [2.24, 2.45) is 0 Å². The van der Waals surface area contributed by atoms with E-state index in [0.717, 1.165) is 16.8 Å². The Morgan fingerprint density at radius 2 is 1.52 bits per heavy atom. The highest BCUT2D eigenvalue weighted by molar-refractivity contribution is 5.93. The van der Waals surface area contributed by atoms with E-state index in [-0.39, 0.29) is 17.6 Å². The summed E-state index contributed by atoms with van der Waals surface area (Å²) in [6, 6.07) is 21.8. The van der Waals surface area contributed by atoms with E-state index in [1.54, 1.807) is 19.1 Å². The third-order valence-corrected chi connectivity index (χ3v) is 4.55. The number of anilines is 1. The molecule has 6 heteroatoms. The second-order valence-corrected chi connectivity index (χ2v) is 7.04. The molecule has 0 aliphatic rings. The molecule has 3 rings (SSSR count). The molecule has 0 atom stereocenters. The van der Waals surface area contributed by atoms with Crippen LogP contribution in [0.3, 0.4) is 0 Å². The van der Waals surface area contributed by atoms with Gasteiger partial charge in [0.2, 0.25) is 11.8 Å². The number of ether oxygens (including phenoxy) is 1. The molecule has 0 aliphatic heterocycles. The standard InChI is InChI=1S/C25H25N3O3/c1-17(2)25(30)28-16-15-27-21-9-7-19(8-10-21)18-3-5-20(6-4-18)24(26)31-23-13-11-22(29)12-14-23/h3-14,26-27,29H,1,15-16H2,2H3,(H,28,30). The van der Waals surface area contributed by atoms with E-state index in [2.05, 4.69) is 17.2 Å². The fraction of sp³-hybridized carbons (Fsp3) is 0.120. The summed E-state index contributed by atoms with van der Waals surface area (Å²) >= 11 is 0. The lowest BCUT2D eigenvalue weighted by Gasteiger charge is -2.10. The molecule has 0 saturated heterocycles. The van der Waals surface area contributed by atoms with Crippen LogP contribution >= 0.6 is 0 Å². The molecule has 0 aromatic heterocycles. The van der Waals surface area contributed by atoms with Crippen molar-refractivity contribution >= 4 is 17.5 Å². The molecule has 3 aromatic carbocycles. The van der Waals surface area contributed by atoms with Crippen molar-refractivity contribution in [1.82, 2.24) is 5.32 Å². The van der Waals surface area contributed by atoms with Gasteiger partial charge in [0.25, 0.3) is 0 Å². The van der Waals surface area contributed by atoms with E-state index in [9.17, 15) is 9.90 Å². The first-order valence-corrected chi connectivity index (χ1v) is 9.86. The summed E-state index contributed by atoms with van der Waals surface area (Å²) in [6.45, 7) is 6.43. The summed E-state index contributed by atoms with van der Waals surface area (Å²) in [4.78, 5) is 11.5. The summed E-state index contributed by atoms with van der Waals surface area (Å²) in [5.41, 5.74) is 4.21. The third-order valence-electron chi connectivity index (χ3n) is 4.55. The number of hydrogen-bond acceptors (Lipinski definition) is 5. The SMILES string of the molecule is C=C(C)C(=O)NCCNc1ccc(-c2ccc(C(=N)Oc3ccc(O)cc3)cc2)cc1. The Labute approximate surface area is 181 Å². The molecular weight excluding hydrogens is 390 g/mol. The molecule has 3 aromatic rings. The predicted molar refractivity (Wildman–Crippen MR) is 124 cm³/mol. The lowest BCUT2D eigenvalue weighted by molar-refractivity contribution is -0.117. The number of nitrogens with one attached hydrogen (secondary N) is 3. The Morgan fingerprint density at radius 3 is 2.10 bits per heavy atom. The first-order chi connectivity index (χ1) is 14.9. The molecule has 0 spiro atoms. The van der Waals surface area contributed by atoms with Gasteiger partial charge in [-0.25, -0.2) is 0 Å². The summed E-state index contributed by atoms with van der Waals surface area (Å²) in [5, 5.41) is 23.5. The number of phenolic OH excluding ortho intramolecular Hbond substituents is 1. The van der Waals surface area contributed by atoms with Crippen LogP contribution in [-0.2, 0) is 4.79 Å². The van der Waals surface area contributed by atoms with Crippen LogP contribution in [0.5, 0.6) is 11.5 Å². The topological polar surface area (TPSA) is 94.4 Å². The van der Waals surface area contributed by atoms with Gasteiger partial charge in [0.15, 0.2) is 0 Å². The number of carbonyl (C=O) groups is 1. The largest absolute Gasteiger partial charge is 0.508 e. The van der Waals surface area contributed by atoms with Gasteiger partial charge < -0.3 is 20.5 Å². The number of carbonyl (C=O) groups excluding carboxylic acids is 1. The van der Waals surface area contributed by atoms with Gasteiger partial charge in [0, 0.05) is 29.9 Å². The molecule has 0 unspecified atom stereocenters. The molecule has 31 heavy (non-hydrogen) atoms. The zero-order valence-corrected chi connectivity index (χ0v) is 17.3. The Kier molecular flexibility index (Phi) is 7.06. The van der Waals surface area contributed by atoms with Crippen LogP contribution in [0.1, 0.15) is 12.5 Å². The maximum Gasteiger partial charge on any atom is 0.246 e. The van der Waals surface area contributed by atoms with E-state index in [1.807, 2.05) is 48.5 Å². The van der Waals surface area contributed by atoms with E-state index in [1.165, 1.54) is 12.1 Å². The zero-order chi connectivity index (χ0) is 22.2. The van der Waals surface area contributed by atoms with Crippen molar-refractivity contribution in [2.45, 2.75) is 6.92 Å². The fourth-order valence-corrected chi connectivity index (χ4v) is 2.82. The molecule has 4 N–H and O–H groups in total. The number of benzene rings is 3. The van der Waals surface area contributed by atoms with E-state index < -0.39 is 0 Å². The summed E-state index contributed by atoms with van der Waals surface area (Å²) in [5.74, 6) is 0.547. The molecule has 0 heterocycles. The minimum absolute atomic E-state index is 0.0375. The number of rotatable bonds is 8. The van der Waals surface area contributed by atoms with Gasteiger partial charge in [-0.2, -0.15) is 0 Å². The normalized spacial score (nSPS) is 10.2. The minimum atomic E-state index is -0.137. The highest BCUT2D eigenvalue weighted by Crippen LogP contribution is 2.23. The molecular formula is C25H25N3O3. The molecule has 158 valence electrons. The van der Waals surface area contributed by atoms with E-state index in [4.69, 9.17) is 10.1 Å². The van der Waals surface area contributed by atoms with Crippen molar-refractivity contribution in [3.05, 3.63) is 90.5 Å². The Balaban J connectivity index is 1.54. The van der Waals surface area contributed by atoms with Gasteiger partial charge in [-0.3, -0.25) is 10.2 Å². The minimum Gasteiger partial charge on any atom is -0.508 e. The molecule has 0 radical (unpaired) electrons. The van der Waals surface area contributed by atoms with Crippen LogP contribution in [0, 0.1) is 5.41 Å². The molecule has 1 amide bonds. The van der Waals surface area contributed by atoms with Crippen LogP contribution in [0.25, 0.3) is 11.1 Å². The Morgan fingerprint density at radius 1 is 0.935 bits per heavy atom. The molecule has 0 saturated carbocycles. The second kappa shape index (κ2) is 10.1. The summed E-state index contributed by atoms with van der Waals surface area (Å²) in [7, 11) is 0. The third kappa shape index (κ3) is 6.21. The Bertz CT molecular complexity index is 1060. The zero-order valence-electron chi connectivity index (χ0n) is 17.3. The van der Waals surface area contributed by atoms with Gasteiger partial charge in [0.05, 0.1) is 0 Å². The summed E-state index contributed by atoms with van der Waals surface area (Å²) < 4.78 is 5.52. The van der Waals surface area contributed by atoms with Gasteiger partial charge in [-0.15, -0.1) is 0 Å². The van der Waals surface area contributed by atoms with Crippen LogP contribution in [-0.4, -0.2) is 30.0 Å². The molecule has 0 fully saturated rings. The van der Waals surface area contributed by atoms with Crippen molar-refractivity contribution < 1.29 is 14.6 Å². The predicted octanol–water partition coefficient (Wildman–Crippen LogP) is 4.57. The van der Waals surface area contributed by atoms with Gasteiger partial charge in [-0.05, 0) is 66.6 Å². The van der Waals surface area contributed by atoms with Crippen LogP contribution < -0.4 is 15.4 Å². The smallest absolute Gasteiger partial charge is 0.246 e. The van der Waals surface area contributed by atoms with Crippen LogP contribution in [0.4, 0.5) is 5.69 Å². The van der Waals surface area contributed by atoms with Gasteiger partial charge in [0.1, 0.15) is 11.5 Å². The molecule has 0 bridgehead atoms. The fourth-order valence-electron chi connectivity index (χ4n) is 2.82. The number of amides is 1. The number of hydrogen-bond donors (Lipinski definition) is 4. The molecule has 0 aliphatic carbocycles. The van der Waals surface area contributed by atoms with Gasteiger partial charge >= 0.3 is 0 Å². The number of aromatic hydroxyl groups is 1. The van der Waals surface area contributed by atoms with E-state index in [0.29, 0.717) is 30.0 Å². The average molecular weight is 415 g/mol. The van der Waals surface area contributed by atoms with Crippen LogP contribution in [0.15, 0.2) is 84.9 Å². The number of phenols is 1. The monoisotopic (exact) mass is 415 g/mol. The first kappa shape index (κ1) is 21.6. The van der Waals surface area contributed by atoms with Gasteiger partial charge in [-0.1, -0.05) is 30.8 Å². The maximum absolute atomic E-state index is 11.5. The first-order valence-electron chi connectivity index (χ1n) is 9.86. The van der Waals surface area contributed by atoms with E-state index >= 15 is 0 Å². The van der Waals surface area contributed by atoms with Crippen molar-refractivity contribution in [3.63, 3.8) is 0 Å². The lowest BCUT2D eigenvalue weighted by atomic mass is 10.0. The van der Waals surface area contributed by atoms with Crippen molar-refractivity contribution in [1.29, 1.82) is 5.41 Å². The lowest BCUT2D eigenvalue weighted by Crippen LogP contribution is -2.28.